The van der Waals surface area contributed by atoms with Gasteiger partial charge in [-0.05, 0) is 26.0 Å². The maximum Gasteiger partial charge on any atom is 0.315 e. The largest absolute Gasteiger partial charge is 0.334 e. The molecule has 0 unspecified atom stereocenters. The predicted octanol–water partition coefficient (Wildman–Crippen LogP) is 0.0158. The third-order valence-electron chi connectivity index (χ3n) is 4.29. The second kappa shape index (κ2) is 8.53. The fourth-order valence-corrected chi connectivity index (χ4v) is 2.85. The second-order valence-corrected chi connectivity index (χ2v) is 5.85. The Balaban J connectivity index is 1.76. The van der Waals surface area contributed by atoms with Gasteiger partial charge in [-0.2, -0.15) is 0 Å². The highest BCUT2D eigenvalue weighted by molar-refractivity contribution is 5.96. The lowest BCUT2D eigenvalue weighted by atomic mass is 10.2. The van der Waals surface area contributed by atoms with E-state index in [1.54, 1.807) is 4.90 Å². The summed E-state index contributed by atoms with van der Waals surface area (Å²) in [6.45, 7) is 8.48. The summed E-state index contributed by atoms with van der Waals surface area (Å²) in [4.78, 5) is 27.2. The van der Waals surface area contributed by atoms with Crippen LogP contribution >= 0.6 is 0 Å². The van der Waals surface area contributed by atoms with Gasteiger partial charge in [0.15, 0.2) is 0 Å². The minimum atomic E-state index is -0.190. The summed E-state index contributed by atoms with van der Waals surface area (Å²) >= 11 is 0. The summed E-state index contributed by atoms with van der Waals surface area (Å²) in [5.41, 5.74) is 0.882. The molecular weight excluding hydrogens is 292 g/mol. The Morgan fingerprint density at radius 1 is 1.26 bits per heavy atom. The van der Waals surface area contributed by atoms with Crippen LogP contribution in [0, 0.1) is 0 Å². The number of carbonyl (C=O) groups is 2. The average molecular weight is 319 g/mol. The molecule has 1 saturated heterocycles. The molecule has 0 spiro atoms. The lowest BCUT2D eigenvalue weighted by Gasteiger charge is -2.18. The van der Waals surface area contributed by atoms with Crippen LogP contribution in [0.3, 0.4) is 0 Å². The lowest BCUT2D eigenvalue weighted by Crippen LogP contribution is -3.12. The minimum Gasteiger partial charge on any atom is -0.334 e. The van der Waals surface area contributed by atoms with E-state index >= 15 is 0 Å². The number of quaternary nitrogens is 1. The number of likely N-dealkylation sites (N-methyl/N-ethyl adjacent to an activating group) is 1. The first-order chi connectivity index (χ1) is 11.1. The number of anilines is 1. The molecule has 6 heteroatoms. The number of amides is 3. The summed E-state index contributed by atoms with van der Waals surface area (Å²) in [6, 6.07) is 9.23. The molecule has 6 nitrogen and oxygen atoms in total. The quantitative estimate of drug-likeness (QED) is 0.663. The predicted molar refractivity (Wildman–Crippen MR) is 90.6 cm³/mol. The van der Waals surface area contributed by atoms with Crippen molar-refractivity contribution in [3.05, 3.63) is 30.3 Å². The molecule has 0 radical (unpaired) electrons. The zero-order valence-electron chi connectivity index (χ0n) is 14.0. The van der Waals surface area contributed by atoms with Crippen molar-refractivity contribution in [2.75, 3.05) is 37.6 Å². The summed E-state index contributed by atoms with van der Waals surface area (Å²) in [5, 5.41) is 5.77. The molecule has 0 aliphatic carbocycles. The van der Waals surface area contributed by atoms with Crippen molar-refractivity contribution in [1.29, 1.82) is 0 Å². The van der Waals surface area contributed by atoms with E-state index in [0.717, 1.165) is 25.3 Å². The van der Waals surface area contributed by atoms with Crippen LogP contribution in [0.1, 0.15) is 20.3 Å². The number of para-hydroxylation sites is 1. The standard InChI is InChI=1S/C17H26N4O2/c1-3-20(4-2)11-10-18-17(23)19-14-12-16(22)21(13-14)15-8-6-5-7-9-15/h5-9,14H,3-4,10-13H2,1-2H3,(H2,18,19,23)/p+1/t14-/m0/s1. The SMILES string of the molecule is CC[NH+](CC)CCNC(=O)N[C@H]1CC(=O)N(c2ccccc2)C1. The van der Waals surface area contributed by atoms with Crippen molar-refractivity contribution in [3.63, 3.8) is 0 Å². The van der Waals surface area contributed by atoms with Crippen LogP contribution < -0.4 is 20.4 Å². The molecule has 23 heavy (non-hydrogen) atoms. The van der Waals surface area contributed by atoms with Crippen LogP contribution in [-0.2, 0) is 4.79 Å². The molecule has 1 aliphatic heterocycles. The highest BCUT2D eigenvalue weighted by Gasteiger charge is 2.31. The normalized spacial score (nSPS) is 17.6. The van der Waals surface area contributed by atoms with Crippen LogP contribution in [-0.4, -0.2) is 50.7 Å². The Hall–Kier alpha value is -2.08. The fourth-order valence-electron chi connectivity index (χ4n) is 2.85. The van der Waals surface area contributed by atoms with E-state index in [1.807, 2.05) is 30.3 Å². The van der Waals surface area contributed by atoms with Gasteiger partial charge in [-0.3, -0.25) is 4.79 Å². The molecule has 2 rings (SSSR count). The first-order valence-electron chi connectivity index (χ1n) is 8.37. The molecule has 126 valence electrons. The van der Waals surface area contributed by atoms with Crippen molar-refractivity contribution in [3.8, 4) is 0 Å². The number of nitrogens with zero attached hydrogens (tertiary/aromatic N) is 1. The van der Waals surface area contributed by atoms with Gasteiger partial charge >= 0.3 is 6.03 Å². The zero-order valence-corrected chi connectivity index (χ0v) is 14.0. The number of urea groups is 1. The highest BCUT2D eigenvalue weighted by atomic mass is 16.2. The molecule has 1 aliphatic rings. The van der Waals surface area contributed by atoms with Crippen molar-refractivity contribution < 1.29 is 14.5 Å². The van der Waals surface area contributed by atoms with Crippen molar-refractivity contribution in [2.45, 2.75) is 26.3 Å². The Kier molecular flexibility index (Phi) is 6.40. The third-order valence-corrected chi connectivity index (χ3v) is 4.29. The number of benzene rings is 1. The van der Waals surface area contributed by atoms with E-state index in [2.05, 4.69) is 24.5 Å². The van der Waals surface area contributed by atoms with Gasteiger partial charge in [-0.1, -0.05) is 18.2 Å². The molecule has 3 N–H and O–H groups in total. The summed E-state index contributed by atoms with van der Waals surface area (Å²) < 4.78 is 0. The fraction of sp³-hybridized carbons (Fsp3) is 0.529. The number of nitrogens with one attached hydrogen (secondary N) is 3. The minimum absolute atomic E-state index is 0.0501. The van der Waals surface area contributed by atoms with Gasteiger partial charge in [-0.15, -0.1) is 0 Å². The summed E-state index contributed by atoms with van der Waals surface area (Å²) in [7, 11) is 0. The topological polar surface area (TPSA) is 65.9 Å². The van der Waals surface area contributed by atoms with Crippen molar-refractivity contribution in [2.24, 2.45) is 0 Å². The van der Waals surface area contributed by atoms with Gasteiger partial charge < -0.3 is 20.4 Å². The van der Waals surface area contributed by atoms with E-state index in [1.165, 1.54) is 4.90 Å². The monoisotopic (exact) mass is 319 g/mol. The molecule has 0 saturated carbocycles. The molecule has 1 heterocycles. The molecule has 3 amide bonds. The maximum absolute atomic E-state index is 12.1. The van der Waals surface area contributed by atoms with Gasteiger partial charge in [0.25, 0.3) is 0 Å². The van der Waals surface area contributed by atoms with Crippen LogP contribution in [0.4, 0.5) is 10.5 Å². The number of carbonyl (C=O) groups excluding carboxylic acids is 2. The third kappa shape index (κ3) is 4.96. The molecule has 1 atom stereocenters. The van der Waals surface area contributed by atoms with Gasteiger partial charge in [0.2, 0.25) is 5.91 Å². The molecule has 1 aromatic carbocycles. The number of rotatable bonds is 7. The van der Waals surface area contributed by atoms with E-state index in [0.29, 0.717) is 19.5 Å². The Labute approximate surface area is 137 Å². The zero-order chi connectivity index (χ0) is 16.7. The molecule has 1 fully saturated rings. The van der Waals surface area contributed by atoms with Crippen LogP contribution in [0.5, 0.6) is 0 Å². The van der Waals surface area contributed by atoms with Crippen molar-refractivity contribution in [1.82, 2.24) is 10.6 Å². The first kappa shape index (κ1) is 17.3. The van der Waals surface area contributed by atoms with Gasteiger partial charge in [0, 0.05) is 18.7 Å². The van der Waals surface area contributed by atoms with Crippen LogP contribution in [0.25, 0.3) is 0 Å². The smallest absolute Gasteiger partial charge is 0.315 e. The Morgan fingerprint density at radius 2 is 1.96 bits per heavy atom. The lowest BCUT2D eigenvalue weighted by molar-refractivity contribution is -0.895. The average Bonchev–Trinajstić information content (AvgIpc) is 2.92. The maximum atomic E-state index is 12.1. The van der Waals surface area contributed by atoms with Crippen LogP contribution in [0.2, 0.25) is 0 Å². The molecule has 1 aromatic rings. The van der Waals surface area contributed by atoms with Crippen molar-refractivity contribution >= 4 is 17.6 Å². The molecule has 0 bridgehead atoms. The summed E-state index contributed by atoms with van der Waals surface area (Å²) in [6.07, 6.45) is 0.351. The Bertz CT molecular complexity index is 517. The summed E-state index contributed by atoms with van der Waals surface area (Å²) in [5.74, 6) is 0.0501. The van der Waals surface area contributed by atoms with Gasteiger partial charge in [0.1, 0.15) is 0 Å². The van der Waals surface area contributed by atoms with E-state index < -0.39 is 0 Å². The number of hydrogen-bond acceptors (Lipinski definition) is 2. The van der Waals surface area contributed by atoms with E-state index in [9.17, 15) is 9.59 Å². The van der Waals surface area contributed by atoms with Gasteiger partial charge in [-0.25, -0.2) is 4.79 Å². The molecule has 0 aromatic heterocycles. The second-order valence-electron chi connectivity index (χ2n) is 5.85. The number of hydrogen-bond donors (Lipinski definition) is 3. The van der Waals surface area contributed by atoms with E-state index in [4.69, 9.17) is 0 Å². The van der Waals surface area contributed by atoms with Crippen LogP contribution in [0.15, 0.2) is 30.3 Å². The first-order valence-corrected chi connectivity index (χ1v) is 8.37. The highest BCUT2D eigenvalue weighted by Crippen LogP contribution is 2.20. The van der Waals surface area contributed by atoms with Gasteiger partial charge in [0.05, 0.1) is 32.2 Å². The molecular formula is C17H27N4O2+. The van der Waals surface area contributed by atoms with E-state index in [-0.39, 0.29) is 18.0 Å². The Morgan fingerprint density at radius 3 is 2.61 bits per heavy atom.